The molecule has 0 spiro atoms. The van der Waals surface area contributed by atoms with Gasteiger partial charge in [0.15, 0.2) is 0 Å². The van der Waals surface area contributed by atoms with E-state index in [2.05, 4.69) is 0 Å². The third-order valence-corrected chi connectivity index (χ3v) is 2.85. The lowest BCUT2D eigenvalue weighted by Gasteiger charge is -2.05. The SMILES string of the molecule is Clc1cccc(-c2ccc(Cl)cc2Cl)c1. The van der Waals surface area contributed by atoms with Crippen molar-refractivity contribution in [3.05, 3.63) is 57.5 Å². The maximum Gasteiger partial charge on any atom is 0.0499 e. The third-order valence-electron chi connectivity index (χ3n) is 2.07. The van der Waals surface area contributed by atoms with Crippen LogP contribution in [0.5, 0.6) is 0 Å². The summed E-state index contributed by atoms with van der Waals surface area (Å²) in [7, 11) is 0. The van der Waals surface area contributed by atoms with Crippen molar-refractivity contribution >= 4 is 34.8 Å². The van der Waals surface area contributed by atoms with Gasteiger partial charge in [0, 0.05) is 20.6 Å². The Morgan fingerprint density at radius 1 is 0.733 bits per heavy atom. The van der Waals surface area contributed by atoms with Gasteiger partial charge in [-0.1, -0.05) is 53.0 Å². The first-order valence-electron chi connectivity index (χ1n) is 4.38. The zero-order valence-corrected chi connectivity index (χ0v) is 9.94. The van der Waals surface area contributed by atoms with E-state index in [0.29, 0.717) is 15.1 Å². The van der Waals surface area contributed by atoms with Gasteiger partial charge in [-0.05, 0) is 29.8 Å². The lowest BCUT2D eigenvalue weighted by atomic mass is 10.1. The average Bonchev–Trinajstić information content (AvgIpc) is 2.17. The predicted molar refractivity (Wildman–Crippen MR) is 66.9 cm³/mol. The second kappa shape index (κ2) is 4.44. The maximum absolute atomic E-state index is 6.09. The Morgan fingerprint density at radius 3 is 2.13 bits per heavy atom. The number of halogens is 3. The monoisotopic (exact) mass is 256 g/mol. The van der Waals surface area contributed by atoms with Crippen LogP contribution in [0.3, 0.4) is 0 Å². The van der Waals surface area contributed by atoms with E-state index in [1.165, 1.54) is 0 Å². The van der Waals surface area contributed by atoms with Gasteiger partial charge in [0.25, 0.3) is 0 Å². The minimum atomic E-state index is 0.629. The Balaban J connectivity index is 2.54. The lowest BCUT2D eigenvalue weighted by molar-refractivity contribution is 1.62. The second-order valence-electron chi connectivity index (χ2n) is 3.13. The zero-order valence-electron chi connectivity index (χ0n) is 7.68. The lowest BCUT2D eigenvalue weighted by Crippen LogP contribution is -1.79. The summed E-state index contributed by atoms with van der Waals surface area (Å²) in [6, 6.07) is 13.0. The zero-order chi connectivity index (χ0) is 10.8. The molecule has 0 radical (unpaired) electrons. The van der Waals surface area contributed by atoms with Gasteiger partial charge < -0.3 is 0 Å². The summed E-state index contributed by atoms with van der Waals surface area (Å²) in [5, 5.41) is 1.95. The van der Waals surface area contributed by atoms with Crippen molar-refractivity contribution in [2.75, 3.05) is 0 Å². The second-order valence-corrected chi connectivity index (χ2v) is 4.41. The van der Waals surface area contributed by atoms with Crippen molar-refractivity contribution < 1.29 is 0 Å². The van der Waals surface area contributed by atoms with E-state index < -0.39 is 0 Å². The molecule has 0 saturated carbocycles. The van der Waals surface area contributed by atoms with Crippen LogP contribution in [0.15, 0.2) is 42.5 Å². The fourth-order valence-corrected chi connectivity index (χ4v) is 2.09. The molecule has 0 amide bonds. The molecule has 15 heavy (non-hydrogen) atoms. The van der Waals surface area contributed by atoms with Crippen LogP contribution >= 0.6 is 34.8 Å². The van der Waals surface area contributed by atoms with Crippen LogP contribution < -0.4 is 0 Å². The van der Waals surface area contributed by atoms with Crippen molar-refractivity contribution in [2.45, 2.75) is 0 Å². The Kier molecular flexibility index (Phi) is 3.20. The highest BCUT2D eigenvalue weighted by molar-refractivity contribution is 6.36. The van der Waals surface area contributed by atoms with Crippen LogP contribution in [0, 0.1) is 0 Å². The summed E-state index contributed by atoms with van der Waals surface area (Å²) in [5.74, 6) is 0. The molecule has 0 atom stereocenters. The largest absolute Gasteiger partial charge is 0.0843 e. The van der Waals surface area contributed by atoms with E-state index >= 15 is 0 Å². The van der Waals surface area contributed by atoms with E-state index in [1.807, 2.05) is 36.4 Å². The molecule has 0 aromatic heterocycles. The molecular formula is C12H7Cl3. The van der Waals surface area contributed by atoms with Gasteiger partial charge in [0.1, 0.15) is 0 Å². The summed E-state index contributed by atoms with van der Waals surface area (Å²) >= 11 is 17.8. The molecule has 3 heteroatoms. The third kappa shape index (κ3) is 2.46. The molecule has 2 aromatic rings. The minimum Gasteiger partial charge on any atom is -0.0843 e. The smallest absolute Gasteiger partial charge is 0.0499 e. The summed E-state index contributed by atoms with van der Waals surface area (Å²) in [6.45, 7) is 0. The molecule has 76 valence electrons. The number of benzene rings is 2. The first-order chi connectivity index (χ1) is 7.16. The predicted octanol–water partition coefficient (Wildman–Crippen LogP) is 5.31. The highest BCUT2D eigenvalue weighted by Gasteiger charge is 2.04. The quantitative estimate of drug-likeness (QED) is 0.649. The van der Waals surface area contributed by atoms with Gasteiger partial charge in [0.05, 0.1) is 0 Å². The summed E-state index contributed by atoms with van der Waals surface area (Å²) < 4.78 is 0. The molecule has 0 aliphatic rings. The van der Waals surface area contributed by atoms with Gasteiger partial charge >= 0.3 is 0 Å². The summed E-state index contributed by atoms with van der Waals surface area (Å²) in [5.41, 5.74) is 1.92. The minimum absolute atomic E-state index is 0.629. The van der Waals surface area contributed by atoms with Crippen molar-refractivity contribution in [3.63, 3.8) is 0 Å². The molecule has 0 fully saturated rings. The standard InChI is InChI=1S/C12H7Cl3/c13-9-3-1-2-8(6-9)11-5-4-10(14)7-12(11)15/h1-7H. The van der Waals surface area contributed by atoms with Gasteiger partial charge in [-0.2, -0.15) is 0 Å². The maximum atomic E-state index is 6.09. The van der Waals surface area contributed by atoms with Crippen molar-refractivity contribution in [1.29, 1.82) is 0 Å². The Bertz CT molecular complexity index is 492. The highest BCUT2D eigenvalue weighted by Crippen LogP contribution is 2.31. The van der Waals surface area contributed by atoms with Crippen molar-refractivity contribution in [1.82, 2.24) is 0 Å². The Morgan fingerprint density at radius 2 is 1.47 bits per heavy atom. The highest BCUT2D eigenvalue weighted by atomic mass is 35.5. The van der Waals surface area contributed by atoms with Crippen LogP contribution in [0.25, 0.3) is 11.1 Å². The van der Waals surface area contributed by atoms with E-state index in [-0.39, 0.29) is 0 Å². The first-order valence-corrected chi connectivity index (χ1v) is 5.51. The Labute approximate surface area is 103 Å². The molecule has 0 bridgehead atoms. The Hall–Kier alpha value is -0.690. The number of rotatable bonds is 1. The molecule has 0 saturated heterocycles. The topological polar surface area (TPSA) is 0 Å². The fraction of sp³-hybridized carbons (Fsp3) is 0. The normalized spacial score (nSPS) is 10.3. The van der Waals surface area contributed by atoms with Crippen LogP contribution in [-0.2, 0) is 0 Å². The molecular weight excluding hydrogens is 250 g/mol. The first kappa shape index (κ1) is 10.8. The van der Waals surface area contributed by atoms with Crippen LogP contribution in [0.1, 0.15) is 0 Å². The molecule has 2 aromatic carbocycles. The van der Waals surface area contributed by atoms with Gasteiger partial charge in [-0.3, -0.25) is 0 Å². The van der Waals surface area contributed by atoms with Gasteiger partial charge in [0.2, 0.25) is 0 Å². The molecule has 0 aliphatic carbocycles. The van der Waals surface area contributed by atoms with Crippen LogP contribution in [0.4, 0.5) is 0 Å². The van der Waals surface area contributed by atoms with Crippen LogP contribution in [-0.4, -0.2) is 0 Å². The number of hydrogen-bond acceptors (Lipinski definition) is 0. The van der Waals surface area contributed by atoms with Gasteiger partial charge in [-0.15, -0.1) is 0 Å². The molecule has 0 unspecified atom stereocenters. The molecule has 0 heterocycles. The molecule has 0 N–H and O–H groups in total. The number of hydrogen-bond donors (Lipinski definition) is 0. The molecule has 2 rings (SSSR count). The molecule has 0 aliphatic heterocycles. The van der Waals surface area contributed by atoms with Crippen LogP contribution in [0.2, 0.25) is 15.1 Å². The van der Waals surface area contributed by atoms with Crippen molar-refractivity contribution in [3.8, 4) is 11.1 Å². The van der Waals surface area contributed by atoms with E-state index in [4.69, 9.17) is 34.8 Å². The van der Waals surface area contributed by atoms with Gasteiger partial charge in [-0.25, -0.2) is 0 Å². The van der Waals surface area contributed by atoms with E-state index in [0.717, 1.165) is 11.1 Å². The molecule has 0 nitrogen and oxygen atoms in total. The average molecular weight is 258 g/mol. The van der Waals surface area contributed by atoms with E-state index in [1.54, 1.807) is 6.07 Å². The summed E-state index contributed by atoms with van der Waals surface area (Å²) in [6.07, 6.45) is 0. The summed E-state index contributed by atoms with van der Waals surface area (Å²) in [4.78, 5) is 0. The van der Waals surface area contributed by atoms with Crippen molar-refractivity contribution in [2.24, 2.45) is 0 Å². The van der Waals surface area contributed by atoms with E-state index in [9.17, 15) is 0 Å². The fourth-order valence-electron chi connectivity index (χ4n) is 1.38.